The predicted octanol–water partition coefficient (Wildman–Crippen LogP) is 4.95. The first-order chi connectivity index (χ1) is 13.4. The van der Waals surface area contributed by atoms with Crippen LogP contribution < -0.4 is 4.90 Å². The van der Waals surface area contributed by atoms with E-state index in [1.54, 1.807) is 0 Å². The zero-order chi connectivity index (χ0) is 20.8. The third-order valence-corrected chi connectivity index (χ3v) is 4.90. The Kier molecular flexibility index (Phi) is 7.35. The molecule has 0 aliphatic carbocycles. The van der Waals surface area contributed by atoms with E-state index in [1.807, 2.05) is 4.68 Å². The number of anilines is 1. The molecule has 28 heavy (non-hydrogen) atoms. The topological polar surface area (TPSA) is 54.2 Å². The zero-order valence-electron chi connectivity index (χ0n) is 18.0. The van der Waals surface area contributed by atoms with E-state index in [-0.39, 0.29) is 6.04 Å². The lowest BCUT2D eigenvalue weighted by Gasteiger charge is -2.27. The van der Waals surface area contributed by atoms with Crippen LogP contribution in [0.5, 0.6) is 0 Å². The minimum atomic E-state index is 0.229. The molecule has 150 valence electrons. The van der Waals surface area contributed by atoms with Crippen LogP contribution in [-0.2, 0) is 0 Å². The molecule has 3 rings (SSSR count). The van der Waals surface area contributed by atoms with Gasteiger partial charge >= 0.3 is 0 Å². The zero-order valence-corrected chi connectivity index (χ0v) is 18.0. The van der Waals surface area contributed by atoms with E-state index in [1.165, 1.54) is 16.8 Å². The number of hydrogen-bond acceptors (Lipinski definition) is 4. The van der Waals surface area contributed by atoms with Gasteiger partial charge in [0.1, 0.15) is 5.69 Å². The van der Waals surface area contributed by atoms with Crippen LogP contribution in [0.1, 0.15) is 39.3 Å². The molecule has 1 aromatic heterocycles. The van der Waals surface area contributed by atoms with Gasteiger partial charge in [-0.15, -0.1) is 5.10 Å². The van der Waals surface area contributed by atoms with Gasteiger partial charge < -0.3 is 10.0 Å². The van der Waals surface area contributed by atoms with Gasteiger partial charge in [-0.3, -0.25) is 0 Å². The number of rotatable bonds is 5. The molecule has 0 amide bonds. The van der Waals surface area contributed by atoms with Crippen molar-refractivity contribution in [2.45, 2.75) is 46.7 Å². The van der Waals surface area contributed by atoms with Gasteiger partial charge in [0.05, 0.1) is 5.69 Å². The average molecular weight is 381 g/mol. The van der Waals surface area contributed by atoms with Crippen LogP contribution in [0.25, 0.3) is 22.5 Å². The van der Waals surface area contributed by atoms with Gasteiger partial charge in [-0.2, -0.15) is 0 Å². The molecule has 0 atom stereocenters. The molecule has 0 spiro atoms. The fourth-order valence-corrected chi connectivity index (χ4v) is 3.19. The number of aryl methyl sites for hydroxylation is 1. The number of aliphatic hydroxyl groups excluding tert-OH is 1. The first-order valence-electron chi connectivity index (χ1n) is 9.70. The molecule has 0 unspecified atom stereocenters. The number of benzene rings is 2. The highest BCUT2D eigenvalue weighted by atomic mass is 16.2. The van der Waals surface area contributed by atoms with Crippen molar-refractivity contribution in [3.8, 4) is 22.5 Å². The van der Waals surface area contributed by atoms with Gasteiger partial charge in [-0.05, 0) is 46.2 Å². The molecule has 0 radical (unpaired) electrons. The van der Waals surface area contributed by atoms with E-state index >= 15 is 0 Å². The highest BCUT2D eigenvalue weighted by molar-refractivity contribution is 5.86. The van der Waals surface area contributed by atoms with Crippen molar-refractivity contribution in [1.82, 2.24) is 15.0 Å². The SMILES string of the molecule is CO.Cc1ccccc1-c1nnn(C(C)C)c1-c1ccccc1N(C)C(C)C. The van der Waals surface area contributed by atoms with Crippen molar-refractivity contribution < 1.29 is 5.11 Å². The third kappa shape index (κ3) is 4.25. The molecule has 1 heterocycles. The summed E-state index contributed by atoms with van der Waals surface area (Å²) in [7, 11) is 3.14. The second-order valence-electron chi connectivity index (χ2n) is 7.36. The van der Waals surface area contributed by atoms with Gasteiger partial charge in [-0.25, -0.2) is 4.68 Å². The van der Waals surface area contributed by atoms with Gasteiger partial charge in [-0.1, -0.05) is 47.7 Å². The molecule has 5 nitrogen and oxygen atoms in total. The Morgan fingerprint density at radius 3 is 2.04 bits per heavy atom. The van der Waals surface area contributed by atoms with E-state index in [0.717, 1.165) is 24.1 Å². The Morgan fingerprint density at radius 2 is 1.46 bits per heavy atom. The lowest BCUT2D eigenvalue weighted by atomic mass is 9.99. The summed E-state index contributed by atoms with van der Waals surface area (Å²) in [6, 6.07) is 17.5. The normalized spacial score (nSPS) is 10.8. The molecule has 5 heteroatoms. The summed E-state index contributed by atoms with van der Waals surface area (Å²) in [5.41, 5.74) is 6.73. The number of aromatic nitrogens is 3. The van der Waals surface area contributed by atoms with Crippen molar-refractivity contribution in [2.24, 2.45) is 0 Å². The van der Waals surface area contributed by atoms with Crippen LogP contribution in [-0.4, -0.2) is 40.3 Å². The van der Waals surface area contributed by atoms with Crippen LogP contribution in [0.2, 0.25) is 0 Å². The molecule has 0 aliphatic rings. The predicted molar refractivity (Wildman–Crippen MR) is 118 cm³/mol. The summed E-state index contributed by atoms with van der Waals surface area (Å²) in [5, 5.41) is 16.1. The van der Waals surface area contributed by atoms with Crippen LogP contribution in [0, 0.1) is 6.92 Å². The Bertz CT molecular complexity index is 899. The minimum Gasteiger partial charge on any atom is -0.400 e. The molecule has 3 aromatic rings. The molecule has 0 fully saturated rings. The van der Waals surface area contributed by atoms with Crippen molar-refractivity contribution in [2.75, 3.05) is 19.1 Å². The molecule has 0 saturated carbocycles. The summed E-state index contributed by atoms with van der Waals surface area (Å²) < 4.78 is 2.04. The Hall–Kier alpha value is -2.66. The quantitative estimate of drug-likeness (QED) is 0.680. The van der Waals surface area contributed by atoms with Crippen LogP contribution >= 0.6 is 0 Å². The van der Waals surface area contributed by atoms with Gasteiger partial charge in [0, 0.05) is 43.1 Å². The first-order valence-corrected chi connectivity index (χ1v) is 9.70. The highest BCUT2D eigenvalue weighted by Gasteiger charge is 2.23. The Balaban J connectivity index is 0.00000136. The lowest BCUT2D eigenvalue weighted by molar-refractivity contribution is 0.399. The second kappa shape index (κ2) is 9.51. The van der Waals surface area contributed by atoms with Crippen molar-refractivity contribution in [3.63, 3.8) is 0 Å². The van der Waals surface area contributed by atoms with Crippen molar-refractivity contribution in [1.29, 1.82) is 0 Å². The smallest absolute Gasteiger partial charge is 0.121 e. The molecular weight excluding hydrogens is 348 g/mol. The summed E-state index contributed by atoms with van der Waals surface area (Å²) in [6.07, 6.45) is 0. The molecule has 0 bridgehead atoms. The first kappa shape index (κ1) is 21.6. The second-order valence-corrected chi connectivity index (χ2v) is 7.36. The number of hydrogen-bond donors (Lipinski definition) is 1. The highest BCUT2D eigenvalue weighted by Crippen LogP contribution is 2.38. The lowest BCUT2D eigenvalue weighted by Crippen LogP contribution is -2.26. The van der Waals surface area contributed by atoms with Crippen LogP contribution in [0.15, 0.2) is 48.5 Å². The van der Waals surface area contributed by atoms with Gasteiger partial charge in [0.15, 0.2) is 0 Å². The number of aliphatic hydroxyl groups is 1. The number of para-hydroxylation sites is 1. The van der Waals surface area contributed by atoms with Crippen molar-refractivity contribution in [3.05, 3.63) is 54.1 Å². The maximum absolute atomic E-state index is 7.00. The van der Waals surface area contributed by atoms with Crippen molar-refractivity contribution >= 4 is 5.69 Å². The minimum absolute atomic E-state index is 0.229. The Morgan fingerprint density at radius 1 is 0.893 bits per heavy atom. The molecular formula is C23H32N4O. The maximum Gasteiger partial charge on any atom is 0.121 e. The molecule has 2 aromatic carbocycles. The fourth-order valence-electron chi connectivity index (χ4n) is 3.19. The monoisotopic (exact) mass is 380 g/mol. The Labute approximate surface area is 168 Å². The van der Waals surface area contributed by atoms with E-state index in [9.17, 15) is 0 Å². The summed E-state index contributed by atoms with van der Waals surface area (Å²) in [4.78, 5) is 2.30. The van der Waals surface area contributed by atoms with E-state index in [2.05, 4.69) is 105 Å². The summed E-state index contributed by atoms with van der Waals surface area (Å²) in [6.45, 7) is 10.8. The molecule has 0 saturated heterocycles. The van der Waals surface area contributed by atoms with E-state index in [0.29, 0.717) is 6.04 Å². The standard InChI is InChI=1S/C22H28N4.CH4O/c1-15(2)25(6)20-14-10-9-13-19(20)22-21(23-24-26(22)16(3)4)18-12-8-7-11-17(18)5;1-2/h7-16H,1-6H3;2H,1H3. The fraction of sp³-hybridized carbons (Fsp3) is 0.391. The molecule has 1 N–H and O–H groups in total. The summed E-state index contributed by atoms with van der Waals surface area (Å²) in [5.74, 6) is 0. The van der Waals surface area contributed by atoms with E-state index < -0.39 is 0 Å². The van der Waals surface area contributed by atoms with Gasteiger partial charge in [0.2, 0.25) is 0 Å². The van der Waals surface area contributed by atoms with Gasteiger partial charge in [0.25, 0.3) is 0 Å². The van der Waals surface area contributed by atoms with Crippen LogP contribution in [0.3, 0.4) is 0 Å². The average Bonchev–Trinajstić information content (AvgIpc) is 3.14. The number of nitrogens with zero attached hydrogens (tertiary/aromatic N) is 4. The molecule has 0 aliphatic heterocycles. The van der Waals surface area contributed by atoms with Crippen LogP contribution in [0.4, 0.5) is 5.69 Å². The maximum atomic E-state index is 7.00. The third-order valence-electron chi connectivity index (χ3n) is 4.90. The summed E-state index contributed by atoms with van der Waals surface area (Å²) >= 11 is 0. The van der Waals surface area contributed by atoms with E-state index in [4.69, 9.17) is 5.11 Å². The largest absolute Gasteiger partial charge is 0.400 e.